The standard InChI is InChI=1S/C16H22N2O2/c1-17-16(20)6-5-15(11-19)12-3-4-14-10-18(2)8-7-13(14)9-12/h3-4,9,11,15H,5-8,10H2,1-2H3,(H,17,20). The van der Waals surface area contributed by atoms with Gasteiger partial charge in [-0.15, -0.1) is 0 Å². The summed E-state index contributed by atoms with van der Waals surface area (Å²) in [7, 11) is 3.74. The smallest absolute Gasteiger partial charge is 0.219 e. The van der Waals surface area contributed by atoms with Crippen molar-refractivity contribution in [1.29, 1.82) is 0 Å². The number of carbonyl (C=O) groups is 2. The Balaban J connectivity index is 2.10. The van der Waals surface area contributed by atoms with Crippen LogP contribution in [0.2, 0.25) is 0 Å². The summed E-state index contributed by atoms with van der Waals surface area (Å²) in [5.74, 6) is -0.200. The van der Waals surface area contributed by atoms with Gasteiger partial charge >= 0.3 is 0 Å². The molecule has 0 aromatic heterocycles. The minimum atomic E-state index is -0.183. The molecule has 1 amide bonds. The van der Waals surface area contributed by atoms with Crippen LogP contribution in [0.5, 0.6) is 0 Å². The first-order valence-electron chi connectivity index (χ1n) is 7.10. The molecule has 0 radical (unpaired) electrons. The maximum absolute atomic E-state index is 11.3. The molecule has 1 atom stereocenters. The van der Waals surface area contributed by atoms with Crippen molar-refractivity contribution in [3.63, 3.8) is 0 Å². The molecule has 1 aromatic carbocycles. The van der Waals surface area contributed by atoms with E-state index in [0.717, 1.165) is 31.4 Å². The predicted octanol–water partition coefficient (Wildman–Crippen LogP) is 1.48. The van der Waals surface area contributed by atoms with Crippen molar-refractivity contribution >= 4 is 12.2 Å². The number of benzene rings is 1. The Morgan fingerprint density at radius 1 is 1.45 bits per heavy atom. The molecule has 1 aliphatic heterocycles. The lowest BCUT2D eigenvalue weighted by atomic mass is 9.90. The normalized spacial score (nSPS) is 16.3. The Labute approximate surface area is 120 Å². The van der Waals surface area contributed by atoms with Gasteiger partial charge in [-0.25, -0.2) is 0 Å². The first-order valence-corrected chi connectivity index (χ1v) is 7.10. The third-order valence-electron chi connectivity index (χ3n) is 3.99. The van der Waals surface area contributed by atoms with E-state index >= 15 is 0 Å². The highest BCUT2D eigenvalue weighted by atomic mass is 16.1. The predicted molar refractivity (Wildman–Crippen MR) is 78.6 cm³/mol. The van der Waals surface area contributed by atoms with Gasteiger partial charge in [0.25, 0.3) is 0 Å². The first kappa shape index (κ1) is 14.7. The molecule has 0 fully saturated rings. The zero-order valence-electron chi connectivity index (χ0n) is 12.2. The quantitative estimate of drug-likeness (QED) is 0.828. The molecule has 0 aliphatic carbocycles. The van der Waals surface area contributed by atoms with Gasteiger partial charge in [-0.2, -0.15) is 0 Å². The maximum atomic E-state index is 11.3. The summed E-state index contributed by atoms with van der Waals surface area (Å²) in [6.07, 6.45) is 2.95. The van der Waals surface area contributed by atoms with Crippen molar-refractivity contribution in [2.75, 3.05) is 20.6 Å². The molecule has 0 spiro atoms. The van der Waals surface area contributed by atoms with Crippen molar-refractivity contribution in [2.24, 2.45) is 0 Å². The van der Waals surface area contributed by atoms with E-state index in [-0.39, 0.29) is 11.8 Å². The molecule has 1 N–H and O–H groups in total. The fourth-order valence-electron chi connectivity index (χ4n) is 2.67. The van der Waals surface area contributed by atoms with Crippen LogP contribution in [0.1, 0.15) is 35.4 Å². The molecule has 20 heavy (non-hydrogen) atoms. The lowest BCUT2D eigenvalue weighted by Gasteiger charge is -2.26. The number of aldehydes is 1. The van der Waals surface area contributed by atoms with Crippen LogP contribution >= 0.6 is 0 Å². The molecule has 4 heteroatoms. The number of amides is 1. The van der Waals surface area contributed by atoms with E-state index in [1.807, 2.05) is 6.07 Å². The van der Waals surface area contributed by atoms with E-state index in [1.165, 1.54) is 11.1 Å². The van der Waals surface area contributed by atoms with E-state index in [0.29, 0.717) is 12.8 Å². The Kier molecular flexibility index (Phi) is 4.90. The minimum absolute atomic E-state index is 0.0172. The van der Waals surface area contributed by atoms with E-state index in [9.17, 15) is 9.59 Å². The molecule has 1 aromatic rings. The average Bonchev–Trinajstić information content (AvgIpc) is 2.47. The van der Waals surface area contributed by atoms with Gasteiger partial charge in [-0.3, -0.25) is 4.79 Å². The van der Waals surface area contributed by atoms with Gasteiger partial charge in [0, 0.05) is 32.5 Å². The van der Waals surface area contributed by atoms with Gasteiger partial charge in [-0.05, 0) is 36.6 Å². The summed E-state index contributed by atoms with van der Waals surface area (Å²) in [6, 6.07) is 6.29. The van der Waals surface area contributed by atoms with Crippen LogP contribution in [-0.4, -0.2) is 37.7 Å². The maximum Gasteiger partial charge on any atom is 0.219 e. The summed E-state index contributed by atoms with van der Waals surface area (Å²) < 4.78 is 0. The first-order chi connectivity index (χ1) is 9.63. The second-order valence-electron chi connectivity index (χ2n) is 5.47. The van der Waals surface area contributed by atoms with Crippen LogP contribution in [-0.2, 0) is 22.6 Å². The summed E-state index contributed by atoms with van der Waals surface area (Å²) in [5, 5.41) is 2.59. The van der Waals surface area contributed by atoms with Crippen molar-refractivity contribution in [3.8, 4) is 0 Å². The van der Waals surface area contributed by atoms with Crippen LogP contribution in [0.15, 0.2) is 18.2 Å². The lowest BCUT2D eigenvalue weighted by Crippen LogP contribution is -2.26. The molecule has 108 valence electrons. The molecule has 0 saturated heterocycles. The van der Waals surface area contributed by atoms with Gasteiger partial charge < -0.3 is 15.0 Å². The van der Waals surface area contributed by atoms with Gasteiger partial charge in [0.05, 0.1) is 0 Å². The highest BCUT2D eigenvalue weighted by Crippen LogP contribution is 2.25. The Hall–Kier alpha value is -1.68. The molecule has 2 rings (SSSR count). The number of rotatable bonds is 5. The number of nitrogens with one attached hydrogen (secondary N) is 1. The van der Waals surface area contributed by atoms with Crippen LogP contribution in [0.3, 0.4) is 0 Å². The van der Waals surface area contributed by atoms with E-state index in [2.05, 4.69) is 29.4 Å². The highest BCUT2D eigenvalue weighted by molar-refractivity contribution is 5.76. The number of fused-ring (bicyclic) bond motifs is 1. The van der Waals surface area contributed by atoms with E-state index in [1.54, 1.807) is 7.05 Å². The zero-order valence-corrected chi connectivity index (χ0v) is 12.2. The fraction of sp³-hybridized carbons (Fsp3) is 0.500. The van der Waals surface area contributed by atoms with E-state index < -0.39 is 0 Å². The molecular weight excluding hydrogens is 252 g/mol. The van der Waals surface area contributed by atoms with Gasteiger partial charge in [0.15, 0.2) is 0 Å². The third-order valence-corrected chi connectivity index (χ3v) is 3.99. The largest absolute Gasteiger partial charge is 0.359 e. The van der Waals surface area contributed by atoms with Crippen molar-refractivity contribution in [1.82, 2.24) is 10.2 Å². The lowest BCUT2D eigenvalue weighted by molar-refractivity contribution is -0.120. The second kappa shape index (κ2) is 6.66. The van der Waals surface area contributed by atoms with Crippen LogP contribution in [0.25, 0.3) is 0 Å². The Bertz CT molecular complexity index is 499. The highest BCUT2D eigenvalue weighted by Gasteiger charge is 2.17. The second-order valence-corrected chi connectivity index (χ2v) is 5.47. The molecule has 1 unspecified atom stereocenters. The van der Waals surface area contributed by atoms with Gasteiger partial charge in [0.1, 0.15) is 6.29 Å². The summed E-state index contributed by atoms with van der Waals surface area (Å²) in [5.41, 5.74) is 3.72. The minimum Gasteiger partial charge on any atom is -0.359 e. The zero-order chi connectivity index (χ0) is 14.5. The van der Waals surface area contributed by atoms with Crippen molar-refractivity contribution in [3.05, 3.63) is 34.9 Å². The summed E-state index contributed by atoms with van der Waals surface area (Å²) in [4.78, 5) is 24.9. The van der Waals surface area contributed by atoms with Crippen molar-refractivity contribution < 1.29 is 9.59 Å². The number of likely N-dealkylation sites (N-methyl/N-ethyl adjacent to an activating group) is 1. The molecule has 0 bridgehead atoms. The molecule has 1 heterocycles. The fourth-order valence-corrected chi connectivity index (χ4v) is 2.67. The molecule has 1 aliphatic rings. The van der Waals surface area contributed by atoms with Crippen LogP contribution < -0.4 is 5.32 Å². The van der Waals surface area contributed by atoms with Crippen molar-refractivity contribution in [2.45, 2.75) is 31.7 Å². The van der Waals surface area contributed by atoms with Crippen LogP contribution in [0, 0.1) is 0 Å². The average molecular weight is 274 g/mol. The van der Waals surface area contributed by atoms with Gasteiger partial charge in [0.2, 0.25) is 5.91 Å². The topological polar surface area (TPSA) is 49.4 Å². The summed E-state index contributed by atoms with van der Waals surface area (Å²) >= 11 is 0. The third kappa shape index (κ3) is 3.45. The number of hydrogen-bond donors (Lipinski definition) is 1. The number of carbonyl (C=O) groups excluding carboxylic acids is 2. The Morgan fingerprint density at radius 3 is 2.95 bits per heavy atom. The number of hydrogen-bond acceptors (Lipinski definition) is 3. The number of nitrogens with zero attached hydrogens (tertiary/aromatic N) is 1. The molecular formula is C16H22N2O2. The van der Waals surface area contributed by atoms with E-state index in [4.69, 9.17) is 0 Å². The SMILES string of the molecule is CNC(=O)CCC(C=O)c1ccc2c(c1)CCN(C)C2. The Morgan fingerprint density at radius 2 is 2.25 bits per heavy atom. The molecule has 0 saturated carbocycles. The van der Waals surface area contributed by atoms with Gasteiger partial charge in [-0.1, -0.05) is 18.2 Å². The summed E-state index contributed by atoms with van der Waals surface area (Å²) in [6.45, 7) is 2.03. The molecule has 4 nitrogen and oxygen atoms in total. The monoisotopic (exact) mass is 274 g/mol. The van der Waals surface area contributed by atoms with Crippen LogP contribution in [0.4, 0.5) is 0 Å².